The molecule has 132 valence electrons. The lowest BCUT2D eigenvalue weighted by Gasteiger charge is -2.15. The van der Waals surface area contributed by atoms with Crippen molar-refractivity contribution >= 4 is 17.8 Å². The Bertz CT molecular complexity index is 776. The van der Waals surface area contributed by atoms with Gasteiger partial charge in [-0.25, -0.2) is 0 Å². The second-order valence-corrected chi connectivity index (χ2v) is 5.49. The Balaban J connectivity index is 1.60. The highest BCUT2D eigenvalue weighted by Gasteiger charge is 2.37. The first-order valence-corrected chi connectivity index (χ1v) is 7.31. The molecule has 11 heteroatoms. The average Bonchev–Trinajstić information content (AvgIpc) is 3.16. The molecule has 0 saturated carbocycles. The molecule has 1 saturated heterocycles. The molecule has 0 bridgehead atoms. The number of carbonyl (C=O) groups excluding carboxylic acids is 2. The Kier molecular flexibility index (Phi) is 4.38. The highest BCUT2D eigenvalue weighted by Crippen LogP contribution is 2.26. The molecule has 0 aromatic carbocycles. The Morgan fingerprint density at radius 2 is 2.20 bits per heavy atom. The van der Waals surface area contributed by atoms with Gasteiger partial charge in [-0.1, -0.05) is 6.07 Å². The second-order valence-electron chi connectivity index (χ2n) is 5.49. The molecule has 1 atom stereocenters. The standard InChI is InChI=1S/C14H13F3N6O2/c15-14(16,17)12-20-13(22-21-12)19-11(25)8-5-10(24)23(6-8)7-9-3-1-2-4-18-9/h1-4,8H,5-7H2,(H2,19,20,21,22,25). The van der Waals surface area contributed by atoms with Gasteiger partial charge in [0, 0.05) is 19.2 Å². The molecule has 8 nitrogen and oxygen atoms in total. The number of amides is 2. The van der Waals surface area contributed by atoms with Crippen molar-refractivity contribution in [1.29, 1.82) is 0 Å². The van der Waals surface area contributed by atoms with E-state index in [1.165, 1.54) is 4.90 Å². The Morgan fingerprint density at radius 3 is 2.84 bits per heavy atom. The van der Waals surface area contributed by atoms with Crippen LogP contribution in [0.15, 0.2) is 24.4 Å². The van der Waals surface area contributed by atoms with E-state index in [2.05, 4.69) is 20.4 Å². The Morgan fingerprint density at radius 1 is 1.40 bits per heavy atom. The maximum atomic E-state index is 12.4. The fourth-order valence-electron chi connectivity index (χ4n) is 2.44. The zero-order valence-electron chi connectivity index (χ0n) is 12.7. The number of likely N-dealkylation sites (tertiary alicyclic amines) is 1. The first kappa shape index (κ1) is 16.9. The van der Waals surface area contributed by atoms with Crippen molar-refractivity contribution < 1.29 is 22.8 Å². The van der Waals surface area contributed by atoms with Crippen LogP contribution in [0, 0.1) is 5.92 Å². The highest BCUT2D eigenvalue weighted by molar-refractivity contribution is 5.96. The molecule has 3 heterocycles. The van der Waals surface area contributed by atoms with Crippen molar-refractivity contribution in [1.82, 2.24) is 25.1 Å². The fraction of sp³-hybridized carbons (Fsp3) is 0.357. The molecular formula is C14H13F3N6O2. The smallest absolute Gasteiger partial charge is 0.336 e. The number of aromatic nitrogens is 4. The molecule has 0 spiro atoms. The minimum atomic E-state index is -4.68. The minimum Gasteiger partial charge on any atom is -0.336 e. The van der Waals surface area contributed by atoms with Gasteiger partial charge in [-0.2, -0.15) is 18.2 Å². The summed E-state index contributed by atoms with van der Waals surface area (Å²) in [5, 5.41) is 7.20. The summed E-state index contributed by atoms with van der Waals surface area (Å²) in [5.41, 5.74) is 0.681. The van der Waals surface area contributed by atoms with Crippen molar-refractivity contribution in [2.45, 2.75) is 19.1 Å². The topological polar surface area (TPSA) is 104 Å². The maximum absolute atomic E-state index is 12.4. The third kappa shape index (κ3) is 3.92. The van der Waals surface area contributed by atoms with Crippen LogP contribution in [0.4, 0.5) is 19.1 Å². The molecule has 1 unspecified atom stereocenters. The quantitative estimate of drug-likeness (QED) is 0.859. The lowest BCUT2D eigenvalue weighted by Crippen LogP contribution is -2.28. The maximum Gasteiger partial charge on any atom is 0.451 e. The number of nitrogens with one attached hydrogen (secondary N) is 2. The number of nitrogens with zero attached hydrogens (tertiary/aromatic N) is 4. The third-order valence-electron chi connectivity index (χ3n) is 3.65. The van der Waals surface area contributed by atoms with Gasteiger partial charge in [-0.15, -0.1) is 5.10 Å². The molecule has 25 heavy (non-hydrogen) atoms. The monoisotopic (exact) mass is 354 g/mol. The average molecular weight is 354 g/mol. The molecule has 1 aliphatic rings. The van der Waals surface area contributed by atoms with Gasteiger partial charge in [0.05, 0.1) is 18.2 Å². The Labute approximate surface area is 139 Å². The normalized spacial score (nSPS) is 17.8. The number of alkyl halides is 3. The van der Waals surface area contributed by atoms with E-state index in [9.17, 15) is 22.8 Å². The zero-order chi connectivity index (χ0) is 18.0. The van der Waals surface area contributed by atoms with Crippen LogP contribution in [0.3, 0.4) is 0 Å². The molecule has 1 aliphatic heterocycles. The lowest BCUT2D eigenvalue weighted by atomic mass is 10.1. The van der Waals surface area contributed by atoms with E-state index in [4.69, 9.17) is 0 Å². The molecule has 2 aromatic rings. The van der Waals surface area contributed by atoms with Gasteiger partial charge in [0.1, 0.15) is 0 Å². The number of hydrogen-bond acceptors (Lipinski definition) is 5. The van der Waals surface area contributed by atoms with Crippen LogP contribution in [0.1, 0.15) is 17.9 Å². The summed E-state index contributed by atoms with van der Waals surface area (Å²) < 4.78 is 37.3. The van der Waals surface area contributed by atoms with Gasteiger partial charge in [0.15, 0.2) is 0 Å². The van der Waals surface area contributed by atoms with Gasteiger partial charge in [0.25, 0.3) is 0 Å². The second kappa shape index (κ2) is 6.49. The molecule has 2 N–H and O–H groups in total. The van der Waals surface area contributed by atoms with E-state index in [1.807, 2.05) is 0 Å². The summed E-state index contributed by atoms with van der Waals surface area (Å²) in [6.07, 6.45) is -3.12. The largest absolute Gasteiger partial charge is 0.451 e. The number of carbonyl (C=O) groups is 2. The predicted octanol–water partition coefficient (Wildman–Crippen LogP) is 1.21. The van der Waals surface area contributed by atoms with Gasteiger partial charge >= 0.3 is 6.18 Å². The molecular weight excluding hydrogens is 341 g/mol. The fourth-order valence-corrected chi connectivity index (χ4v) is 2.44. The van der Waals surface area contributed by atoms with E-state index < -0.39 is 29.8 Å². The lowest BCUT2D eigenvalue weighted by molar-refractivity contribution is -0.144. The molecule has 2 aromatic heterocycles. The van der Waals surface area contributed by atoms with Crippen molar-refractivity contribution in [2.75, 3.05) is 11.9 Å². The van der Waals surface area contributed by atoms with Crippen LogP contribution in [-0.2, 0) is 22.3 Å². The molecule has 0 radical (unpaired) electrons. The van der Waals surface area contributed by atoms with Crippen LogP contribution >= 0.6 is 0 Å². The molecule has 2 amide bonds. The van der Waals surface area contributed by atoms with Crippen LogP contribution in [-0.4, -0.2) is 43.4 Å². The summed E-state index contributed by atoms with van der Waals surface area (Å²) >= 11 is 0. The number of pyridine rings is 1. The van der Waals surface area contributed by atoms with Crippen molar-refractivity contribution in [2.24, 2.45) is 5.92 Å². The number of hydrogen-bond donors (Lipinski definition) is 2. The number of anilines is 1. The van der Waals surface area contributed by atoms with E-state index in [-0.39, 0.29) is 25.4 Å². The molecule has 1 fully saturated rings. The van der Waals surface area contributed by atoms with Crippen LogP contribution < -0.4 is 5.32 Å². The van der Waals surface area contributed by atoms with Gasteiger partial charge in [0.2, 0.25) is 23.6 Å². The molecule has 0 aliphatic carbocycles. The van der Waals surface area contributed by atoms with E-state index >= 15 is 0 Å². The number of H-pyrrole nitrogens is 1. The summed E-state index contributed by atoms with van der Waals surface area (Å²) in [6, 6.07) is 5.29. The van der Waals surface area contributed by atoms with Gasteiger partial charge in [-0.05, 0) is 12.1 Å². The van der Waals surface area contributed by atoms with Crippen molar-refractivity contribution in [3.05, 3.63) is 35.9 Å². The molecule has 3 rings (SSSR count). The van der Waals surface area contributed by atoms with Crippen molar-refractivity contribution in [3.63, 3.8) is 0 Å². The zero-order valence-corrected chi connectivity index (χ0v) is 12.7. The summed E-state index contributed by atoms with van der Waals surface area (Å²) in [6.45, 7) is 0.417. The third-order valence-corrected chi connectivity index (χ3v) is 3.65. The summed E-state index contributed by atoms with van der Waals surface area (Å²) in [5.74, 6) is -3.31. The number of aromatic amines is 1. The van der Waals surface area contributed by atoms with E-state index in [1.54, 1.807) is 29.5 Å². The highest BCUT2D eigenvalue weighted by atomic mass is 19.4. The van der Waals surface area contributed by atoms with Crippen LogP contribution in [0.5, 0.6) is 0 Å². The first-order chi connectivity index (χ1) is 11.8. The summed E-state index contributed by atoms with van der Waals surface area (Å²) in [7, 11) is 0. The number of halogens is 3. The van der Waals surface area contributed by atoms with Gasteiger partial charge < -0.3 is 4.90 Å². The Hall–Kier alpha value is -2.98. The van der Waals surface area contributed by atoms with Gasteiger partial charge in [-0.3, -0.25) is 25.0 Å². The number of rotatable bonds is 4. The van der Waals surface area contributed by atoms with E-state index in [0.717, 1.165) is 0 Å². The van der Waals surface area contributed by atoms with Crippen LogP contribution in [0.25, 0.3) is 0 Å². The van der Waals surface area contributed by atoms with Crippen molar-refractivity contribution in [3.8, 4) is 0 Å². The van der Waals surface area contributed by atoms with E-state index in [0.29, 0.717) is 5.69 Å². The SMILES string of the molecule is O=C(Nc1n[nH]c(C(F)(F)F)n1)C1CC(=O)N(Cc2ccccn2)C1. The minimum absolute atomic E-state index is 0.0325. The predicted molar refractivity (Wildman–Crippen MR) is 77.8 cm³/mol. The van der Waals surface area contributed by atoms with Crippen LogP contribution in [0.2, 0.25) is 0 Å². The first-order valence-electron chi connectivity index (χ1n) is 7.31. The summed E-state index contributed by atoms with van der Waals surface area (Å²) in [4.78, 5) is 32.9.